The minimum absolute atomic E-state index is 0.111. The second-order valence-corrected chi connectivity index (χ2v) is 6.55. The van der Waals surface area contributed by atoms with Crippen LogP contribution in [0.3, 0.4) is 0 Å². The molecule has 2 aromatic heterocycles. The van der Waals surface area contributed by atoms with Gasteiger partial charge in [0, 0.05) is 24.9 Å². The maximum atomic E-state index is 13.0. The van der Waals surface area contributed by atoms with Gasteiger partial charge in [-0.05, 0) is 54.1 Å². The Morgan fingerprint density at radius 3 is 2.55 bits per heavy atom. The smallest absolute Gasteiger partial charge is 0.272 e. The highest BCUT2D eigenvalue weighted by atomic mass is 19.1. The molecule has 0 unspecified atom stereocenters. The number of amides is 1. The van der Waals surface area contributed by atoms with Gasteiger partial charge in [0.15, 0.2) is 0 Å². The molecule has 0 saturated carbocycles. The summed E-state index contributed by atoms with van der Waals surface area (Å²) < 4.78 is 19.8. The molecule has 1 N–H and O–H groups in total. The lowest BCUT2D eigenvalue weighted by atomic mass is 10.2. The Bertz CT molecular complexity index is 1260. The normalized spacial score (nSPS) is 10.5. The van der Waals surface area contributed by atoms with Crippen LogP contribution in [-0.4, -0.2) is 20.7 Å². The summed E-state index contributed by atoms with van der Waals surface area (Å²) in [6.45, 7) is 0.202. The van der Waals surface area contributed by atoms with Crippen molar-refractivity contribution in [1.29, 1.82) is 0 Å². The molecule has 31 heavy (non-hydrogen) atoms. The minimum Gasteiger partial charge on any atom is -0.439 e. The lowest BCUT2D eigenvalue weighted by molar-refractivity contribution is 0.0944. The van der Waals surface area contributed by atoms with Gasteiger partial charge in [-0.15, -0.1) is 0 Å². The fraction of sp³-hybridized carbons (Fsp3) is 0.0435. The van der Waals surface area contributed by atoms with Crippen molar-refractivity contribution in [2.45, 2.75) is 6.54 Å². The van der Waals surface area contributed by atoms with Crippen LogP contribution in [0.2, 0.25) is 0 Å². The van der Waals surface area contributed by atoms with E-state index in [0.717, 1.165) is 5.56 Å². The van der Waals surface area contributed by atoms with Crippen LogP contribution in [0.5, 0.6) is 11.6 Å². The Labute approximate surface area is 176 Å². The molecule has 1 amide bonds. The van der Waals surface area contributed by atoms with Crippen LogP contribution in [0, 0.1) is 5.82 Å². The predicted molar refractivity (Wildman–Crippen MR) is 112 cm³/mol. The lowest BCUT2D eigenvalue weighted by Gasteiger charge is -2.09. The van der Waals surface area contributed by atoms with E-state index >= 15 is 0 Å². The third-order valence-electron chi connectivity index (χ3n) is 4.32. The number of para-hydroxylation sites is 1. The zero-order valence-corrected chi connectivity index (χ0v) is 16.2. The largest absolute Gasteiger partial charge is 0.439 e. The number of nitrogens with zero attached hydrogens (tertiary/aromatic N) is 3. The van der Waals surface area contributed by atoms with Crippen LogP contribution >= 0.6 is 0 Å². The molecule has 0 saturated heterocycles. The van der Waals surface area contributed by atoms with Crippen molar-refractivity contribution in [3.8, 4) is 17.3 Å². The monoisotopic (exact) mass is 416 g/mol. The number of rotatable bonds is 6. The van der Waals surface area contributed by atoms with E-state index in [9.17, 15) is 14.0 Å². The van der Waals surface area contributed by atoms with Crippen LogP contribution in [0.1, 0.15) is 16.1 Å². The van der Waals surface area contributed by atoms with Gasteiger partial charge in [-0.25, -0.2) is 9.37 Å². The van der Waals surface area contributed by atoms with Crippen molar-refractivity contribution in [2.24, 2.45) is 0 Å². The second-order valence-electron chi connectivity index (χ2n) is 6.55. The number of hydrogen-bond acceptors (Lipinski definition) is 5. The fourth-order valence-corrected chi connectivity index (χ4v) is 2.80. The number of carbonyl (C=O) groups is 1. The van der Waals surface area contributed by atoms with Gasteiger partial charge in [0.25, 0.3) is 11.5 Å². The van der Waals surface area contributed by atoms with Crippen LogP contribution in [0.25, 0.3) is 5.69 Å². The number of benzene rings is 2. The van der Waals surface area contributed by atoms with Crippen LogP contribution in [0.4, 0.5) is 4.39 Å². The zero-order chi connectivity index (χ0) is 21.6. The van der Waals surface area contributed by atoms with Gasteiger partial charge < -0.3 is 10.1 Å². The summed E-state index contributed by atoms with van der Waals surface area (Å²) in [5, 5.41) is 6.92. The number of pyridine rings is 1. The average molecular weight is 416 g/mol. The van der Waals surface area contributed by atoms with Crippen molar-refractivity contribution in [3.63, 3.8) is 0 Å². The number of halogens is 1. The number of carbonyl (C=O) groups excluding carboxylic acids is 1. The summed E-state index contributed by atoms with van der Waals surface area (Å²) in [4.78, 5) is 28.8. The topological polar surface area (TPSA) is 86.1 Å². The van der Waals surface area contributed by atoms with Gasteiger partial charge in [-0.1, -0.05) is 18.2 Å². The van der Waals surface area contributed by atoms with Gasteiger partial charge in [0.2, 0.25) is 5.88 Å². The van der Waals surface area contributed by atoms with Gasteiger partial charge in [-0.2, -0.15) is 9.78 Å². The van der Waals surface area contributed by atoms with Crippen molar-refractivity contribution in [3.05, 3.63) is 112 Å². The van der Waals surface area contributed by atoms with Gasteiger partial charge in [0.05, 0.1) is 5.69 Å². The molecule has 2 aromatic carbocycles. The van der Waals surface area contributed by atoms with Crippen molar-refractivity contribution >= 4 is 5.91 Å². The Hall–Kier alpha value is -4.33. The molecule has 4 rings (SSSR count). The number of hydrogen-bond donors (Lipinski definition) is 1. The molecule has 0 radical (unpaired) electrons. The molecule has 0 atom stereocenters. The van der Waals surface area contributed by atoms with E-state index in [1.54, 1.807) is 42.6 Å². The van der Waals surface area contributed by atoms with E-state index in [2.05, 4.69) is 15.4 Å². The highest BCUT2D eigenvalue weighted by Crippen LogP contribution is 2.20. The minimum atomic E-state index is -0.428. The SMILES string of the molecule is O=C(NCc1ccnc(Oc2ccc(F)cc2)c1)c1ccc(=O)n(-c2ccccc2)n1. The molecular weight excluding hydrogens is 399 g/mol. The molecule has 7 nitrogen and oxygen atoms in total. The molecular formula is C23H17FN4O3. The van der Waals surface area contributed by atoms with E-state index in [4.69, 9.17) is 4.74 Å². The van der Waals surface area contributed by atoms with Gasteiger partial charge >= 0.3 is 0 Å². The summed E-state index contributed by atoms with van der Waals surface area (Å²) in [7, 11) is 0. The molecule has 0 aliphatic rings. The predicted octanol–water partition coefficient (Wildman–Crippen LogP) is 3.49. The molecule has 0 bridgehead atoms. The van der Waals surface area contributed by atoms with Crippen molar-refractivity contribution in [1.82, 2.24) is 20.1 Å². The number of nitrogens with one attached hydrogen (secondary N) is 1. The summed E-state index contributed by atoms with van der Waals surface area (Å²) >= 11 is 0. The van der Waals surface area contributed by atoms with E-state index in [1.807, 2.05) is 6.07 Å². The summed E-state index contributed by atoms with van der Waals surface area (Å²) in [5.41, 5.74) is 1.09. The maximum Gasteiger partial charge on any atom is 0.272 e. The van der Waals surface area contributed by atoms with Crippen molar-refractivity contribution < 1.29 is 13.9 Å². The van der Waals surface area contributed by atoms with Crippen molar-refractivity contribution in [2.75, 3.05) is 0 Å². The highest BCUT2D eigenvalue weighted by molar-refractivity contribution is 5.92. The second kappa shape index (κ2) is 9.00. The Kier molecular flexibility index (Phi) is 5.79. The van der Waals surface area contributed by atoms with E-state index in [1.165, 1.54) is 41.1 Å². The third kappa shape index (κ3) is 4.99. The highest BCUT2D eigenvalue weighted by Gasteiger charge is 2.11. The molecule has 0 spiro atoms. The molecule has 4 aromatic rings. The number of ether oxygens (including phenoxy) is 1. The fourth-order valence-electron chi connectivity index (χ4n) is 2.80. The quantitative estimate of drug-likeness (QED) is 0.520. The third-order valence-corrected chi connectivity index (χ3v) is 4.32. The first-order chi connectivity index (χ1) is 15.1. The van der Waals surface area contributed by atoms with Crippen LogP contribution in [0.15, 0.2) is 89.9 Å². The van der Waals surface area contributed by atoms with Crippen LogP contribution in [-0.2, 0) is 6.54 Å². The Balaban J connectivity index is 1.44. The van der Waals surface area contributed by atoms with E-state index < -0.39 is 5.91 Å². The lowest BCUT2D eigenvalue weighted by Crippen LogP contribution is -2.28. The first kappa shape index (κ1) is 20.0. The standard InChI is InChI=1S/C23H17FN4O3/c24-17-6-8-19(9-7-17)31-21-14-16(12-13-25-21)15-26-23(30)20-10-11-22(29)28(27-20)18-4-2-1-3-5-18/h1-14H,15H2,(H,26,30). The maximum absolute atomic E-state index is 13.0. The molecule has 0 fully saturated rings. The zero-order valence-electron chi connectivity index (χ0n) is 16.2. The van der Waals surface area contributed by atoms with E-state index in [-0.39, 0.29) is 23.6 Å². The van der Waals surface area contributed by atoms with Gasteiger partial charge in [0.1, 0.15) is 17.3 Å². The Morgan fingerprint density at radius 1 is 1.00 bits per heavy atom. The number of aromatic nitrogens is 3. The average Bonchev–Trinajstić information content (AvgIpc) is 2.80. The Morgan fingerprint density at radius 2 is 1.77 bits per heavy atom. The summed E-state index contributed by atoms with van der Waals surface area (Å²) in [5.74, 6) is -0.0250. The van der Waals surface area contributed by atoms with Gasteiger partial charge in [-0.3, -0.25) is 9.59 Å². The summed E-state index contributed by atoms with van der Waals surface area (Å²) in [6, 6.07) is 20.5. The molecule has 0 aliphatic carbocycles. The first-order valence-electron chi connectivity index (χ1n) is 9.41. The van der Waals surface area contributed by atoms with Crippen LogP contribution < -0.4 is 15.6 Å². The molecule has 154 valence electrons. The molecule has 2 heterocycles. The molecule has 0 aliphatic heterocycles. The summed E-state index contributed by atoms with van der Waals surface area (Å²) in [6.07, 6.45) is 1.55. The molecule has 8 heteroatoms. The first-order valence-corrected chi connectivity index (χ1v) is 9.41. The van der Waals surface area contributed by atoms with E-state index in [0.29, 0.717) is 17.3 Å².